The predicted octanol–water partition coefficient (Wildman–Crippen LogP) is 4.79. The van der Waals surface area contributed by atoms with Gasteiger partial charge in [0, 0.05) is 28.1 Å². The van der Waals surface area contributed by atoms with E-state index in [1.165, 1.54) is 24.3 Å². The van der Waals surface area contributed by atoms with Crippen molar-refractivity contribution in [1.29, 1.82) is 0 Å². The molecule has 2 aromatic rings. The van der Waals surface area contributed by atoms with Crippen LogP contribution in [0.3, 0.4) is 0 Å². The number of imide groups is 1. The molecule has 120 valence electrons. The first-order valence-corrected chi connectivity index (χ1v) is 9.24. The molecule has 0 aliphatic heterocycles. The van der Waals surface area contributed by atoms with Gasteiger partial charge in [-0.25, -0.2) is 4.90 Å². The van der Waals surface area contributed by atoms with Crippen molar-refractivity contribution in [1.82, 2.24) is 0 Å². The number of carbonyl (C=O) groups is 2. The topological polar surface area (TPSA) is 37.4 Å². The van der Waals surface area contributed by atoms with Crippen LogP contribution in [0.5, 0.6) is 0 Å². The van der Waals surface area contributed by atoms with Gasteiger partial charge in [0.1, 0.15) is 0 Å². The van der Waals surface area contributed by atoms with Gasteiger partial charge >= 0.3 is 0 Å². The summed E-state index contributed by atoms with van der Waals surface area (Å²) in [6, 6.07) is 14.2. The average molecular weight is 439 g/mol. The van der Waals surface area contributed by atoms with Crippen molar-refractivity contribution in [3.8, 4) is 0 Å². The number of thioether (sulfide) groups is 1. The Labute approximate surface area is 154 Å². The number of anilines is 1. The molecule has 0 aliphatic carbocycles. The van der Waals surface area contributed by atoms with E-state index in [1.54, 1.807) is 11.8 Å². The maximum atomic E-state index is 11.9. The molecule has 0 radical (unpaired) electrons. The van der Waals surface area contributed by atoms with E-state index in [2.05, 4.69) is 34.7 Å². The number of benzene rings is 2. The lowest BCUT2D eigenvalue weighted by Crippen LogP contribution is -2.34. The third-order valence-corrected chi connectivity index (χ3v) is 5.19. The molecule has 2 rings (SSSR count). The SMILES string of the molecule is CC(=O)N(C(C)=O)c1c(I)cc(C)cc1SCc1ccccc1. The fraction of sp³-hybridized carbons (Fsp3) is 0.222. The van der Waals surface area contributed by atoms with Crippen molar-refractivity contribution in [2.75, 3.05) is 4.90 Å². The van der Waals surface area contributed by atoms with Crippen LogP contribution in [0.25, 0.3) is 0 Å². The fourth-order valence-corrected chi connectivity index (χ4v) is 4.63. The van der Waals surface area contributed by atoms with E-state index < -0.39 is 0 Å². The highest BCUT2D eigenvalue weighted by molar-refractivity contribution is 14.1. The molecule has 0 N–H and O–H groups in total. The second kappa shape index (κ2) is 7.97. The minimum atomic E-state index is -0.263. The van der Waals surface area contributed by atoms with E-state index in [1.807, 2.05) is 37.3 Å². The van der Waals surface area contributed by atoms with Gasteiger partial charge in [-0.2, -0.15) is 0 Å². The maximum absolute atomic E-state index is 11.9. The Morgan fingerprint density at radius 1 is 1.09 bits per heavy atom. The van der Waals surface area contributed by atoms with E-state index >= 15 is 0 Å². The Morgan fingerprint density at radius 3 is 2.26 bits per heavy atom. The lowest BCUT2D eigenvalue weighted by molar-refractivity contribution is -0.124. The first kappa shape index (κ1) is 18.0. The van der Waals surface area contributed by atoms with E-state index in [9.17, 15) is 9.59 Å². The van der Waals surface area contributed by atoms with Crippen LogP contribution in [0, 0.1) is 10.5 Å². The number of nitrogens with zero attached hydrogens (tertiary/aromatic N) is 1. The molecular weight excluding hydrogens is 421 g/mol. The van der Waals surface area contributed by atoms with Crippen molar-refractivity contribution >= 4 is 51.9 Å². The molecule has 0 aliphatic rings. The fourth-order valence-electron chi connectivity index (χ4n) is 2.30. The van der Waals surface area contributed by atoms with E-state index in [0.29, 0.717) is 5.69 Å². The van der Waals surface area contributed by atoms with Crippen molar-refractivity contribution < 1.29 is 9.59 Å². The number of carbonyl (C=O) groups excluding carboxylic acids is 2. The van der Waals surface area contributed by atoms with Crippen LogP contribution in [0.1, 0.15) is 25.0 Å². The average Bonchev–Trinajstić information content (AvgIpc) is 2.48. The Hall–Kier alpha value is -1.34. The number of halogens is 1. The van der Waals surface area contributed by atoms with Gasteiger partial charge in [0.25, 0.3) is 0 Å². The summed E-state index contributed by atoms with van der Waals surface area (Å²) < 4.78 is 0.906. The highest BCUT2D eigenvalue weighted by atomic mass is 127. The summed E-state index contributed by atoms with van der Waals surface area (Å²) in [7, 11) is 0. The number of aryl methyl sites for hydroxylation is 1. The molecule has 0 bridgehead atoms. The number of hydrogen-bond acceptors (Lipinski definition) is 3. The first-order chi connectivity index (χ1) is 10.9. The number of amides is 2. The molecule has 0 spiro atoms. The molecule has 0 saturated carbocycles. The third kappa shape index (κ3) is 4.57. The van der Waals surface area contributed by atoms with E-state index in [0.717, 1.165) is 19.8 Å². The number of hydrogen-bond donors (Lipinski definition) is 0. The summed E-state index contributed by atoms with van der Waals surface area (Å²) in [5.41, 5.74) is 3.01. The molecule has 0 heterocycles. The smallest absolute Gasteiger partial charge is 0.230 e. The third-order valence-electron chi connectivity index (χ3n) is 3.26. The quantitative estimate of drug-likeness (QED) is 0.508. The molecule has 5 heteroatoms. The van der Waals surface area contributed by atoms with Gasteiger partial charge in [0.15, 0.2) is 0 Å². The summed E-state index contributed by atoms with van der Waals surface area (Å²) >= 11 is 3.83. The van der Waals surface area contributed by atoms with Gasteiger partial charge in [-0.1, -0.05) is 30.3 Å². The Balaban J connectivity index is 2.41. The molecular formula is C18H18INO2S. The van der Waals surface area contributed by atoms with Crippen LogP contribution in [-0.4, -0.2) is 11.8 Å². The monoisotopic (exact) mass is 439 g/mol. The maximum Gasteiger partial charge on any atom is 0.230 e. The summed E-state index contributed by atoms with van der Waals surface area (Å²) in [4.78, 5) is 26.1. The van der Waals surface area contributed by atoms with Crippen LogP contribution >= 0.6 is 34.4 Å². The van der Waals surface area contributed by atoms with Gasteiger partial charge in [-0.3, -0.25) is 9.59 Å². The van der Waals surface area contributed by atoms with Gasteiger partial charge < -0.3 is 0 Å². The van der Waals surface area contributed by atoms with Crippen LogP contribution < -0.4 is 4.90 Å². The molecule has 2 aromatic carbocycles. The van der Waals surface area contributed by atoms with E-state index in [4.69, 9.17) is 0 Å². The van der Waals surface area contributed by atoms with Crippen LogP contribution in [0.15, 0.2) is 47.4 Å². The largest absolute Gasteiger partial charge is 0.274 e. The lowest BCUT2D eigenvalue weighted by Gasteiger charge is -2.22. The number of rotatable bonds is 4. The van der Waals surface area contributed by atoms with Gasteiger partial charge in [0.05, 0.1) is 5.69 Å². The molecule has 0 unspecified atom stereocenters. The second-order valence-electron chi connectivity index (χ2n) is 5.24. The highest BCUT2D eigenvalue weighted by Crippen LogP contribution is 2.37. The van der Waals surface area contributed by atoms with Crippen molar-refractivity contribution in [3.63, 3.8) is 0 Å². The van der Waals surface area contributed by atoms with Gasteiger partial charge in [-0.05, 0) is 52.8 Å². The van der Waals surface area contributed by atoms with Gasteiger partial charge in [-0.15, -0.1) is 11.8 Å². The summed E-state index contributed by atoms with van der Waals surface area (Å²) in [5.74, 6) is 0.262. The predicted molar refractivity (Wildman–Crippen MR) is 104 cm³/mol. The molecule has 0 fully saturated rings. The zero-order valence-corrected chi connectivity index (χ0v) is 16.3. The minimum absolute atomic E-state index is 0.263. The molecule has 0 saturated heterocycles. The van der Waals surface area contributed by atoms with Crippen LogP contribution in [0.2, 0.25) is 0 Å². The highest BCUT2D eigenvalue weighted by Gasteiger charge is 2.23. The minimum Gasteiger partial charge on any atom is -0.274 e. The molecule has 2 amide bonds. The van der Waals surface area contributed by atoms with Crippen LogP contribution in [0.4, 0.5) is 5.69 Å². The zero-order chi connectivity index (χ0) is 17.0. The summed E-state index contributed by atoms with van der Waals surface area (Å²) in [6.07, 6.45) is 0. The van der Waals surface area contributed by atoms with Crippen LogP contribution in [-0.2, 0) is 15.3 Å². The molecule has 23 heavy (non-hydrogen) atoms. The Bertz CT molecular complexity index is 717. The first-order valence-electron chi connectivity index (χ1n) is 7.18. The Kier molecular flexibility index (Phi) is 6.24. The Morgan fingerprint density at radius 2 is 1.70 bits per heavy atom. The standard InChI is InChI=1S/C18H18INO2S/c1-12-9-16(19)18(20(13(2)21)14(3)22)17(10-12)23-11-15-7-5-4-6-8-15/h4-10H,11H2,1-3H3. The zero-order valence-electron chi connectivity index (χ0n) is 13.3. The molecule has 0 aromatic heterocycles. The van der Waals surface area contributed by atoms with E-state index in [-0.39, 0.29) is 11.8 Å². The summed E-state index contributed by atoms with van der Waals surface area (Å²) in [6.45, 7) is 4.86. The normalized spacial score (nSPS) is 10.4. The lowest BCUT2D eigenvalue weighted by atomic mass is 10.2. The second-order valence-corrected chi connectivity index (χ2v) is 7.42. The van der Waals surface area contributed by atoms with Crippen molar-refractivity contribution in [3.05, 3.63) is 57.2 Å². The molecule has 3 nitrogen and oxygen atoms in total. The van der Waals surface area contributed by atoms with Crippen molar-refractivity contribution in [2.24, 2.45) is 0 Å². The molecule has 0 atom stereocenters. The summed E-state index contributed by atoms with van der Waals surface area (Å²) in [5, 5.41) is 0. The van der Waals surface area contributed by atoms with Crippen molar-refractivity contribution in [2.45, 2.75) is 31.4 Å². The van der Waals surface area contributed by atoms with Gasteiger partial charge in [0.2, 0.25) is 11.8 Å².